The van der Waals surface area contributed by atoms with Crippen molar-refractivity contribution in [1.29, 1.82) is 4.78 Å². The first-order valence-electron chi connectivity index (χ1n) is 7.35. The first-order chi connectivity index (χ1) is 9.47. The highest BCUT2D eigenvalue weighted by Gasteiger charge is 2.25. The third-order valence-electron chi connectivity index (χ3n) is 2.95. The maximum Gasteiger partial charge on any atom is 0.152 e. The van der Waals surface area contributed by atoms with E-state index in [9.17, 15) is 12.6 Å². The Labute approximate surface area is 130 Å². The van der Waals surface area contributed by atoms with Gasteiger partial charge in [0.25, 0.3) is 0 Å². The summed E-state index contributed by atoms with van der Waals surface area (Å²) in [5.41, 5.74) is -0.506. The molecule has 0 aromatic rings. The summed E-state index contributed by atoms with van der Waals surface area (Å²) in [5, 5.41) is 6.30. The lowest BCUT2D eigenvalue weighted by Gasteiger charge is -2.26. The Kier molecular flexibility index (Phi) is 8.99. The van der Waals surface area contributed by atoms with Crippen LogP contribution >= 0.6 is 0 Å². The number of rotatable bonds is 12. The second kappa shape index (κ2) is 9.07. The maximum atomic E-state index is 12.1. The summed E-state index contributed by atoms with van der Waals surface area (Å²) >= 11 is 0. The smallest absolute Gasteiger partial charge is 0.152 e. The van der Waals surface area contributed by atoms with Gasteiger partial charge in [0.15, 0.2) is 9.84 Å². The molecule has 1 atom stereocenters. The highest BCUT2D eigenvalue weighted by molar-refractivity contribution is 7.91. The van der Waals surface area contributed by atoms with Crippen molar-refractivity contribution in [1.82, 2.24) is 10.6 Å². The van der Waals surface area contributed by atoms with Crippen LogP contribution in [0.15, 0.2) is 0 Å². The third-order valence-corrected chi connectivity index (χ3v) is 6.09. The zero-order chi connectivity index (χ0) is 16.6. The molecule has 0 saturated heterocycles. The lowest BCUT2D eigenvalue weighted by molar-refractivity contribution is 0.424. The molecular formula is C13H31N3O3S2. The molecule has 3 N–H and O–H groups in total. The molecule has 6 nitrogen and oxygen atoms in total. The molecule has 0 aromatic heterocycles. The molecule has 0 aliphatic carbocycles. The molecule has 0 aromatic carbocycles. The van der Waals surface area contributed by atoms with Gasteiger partial charge < -0.3 is 10.6 Å². The van der Waals surface area contributed by atoms with E-state index in [2.05, 4.69) is 10.6 Å². The molecule has 0 radical (unpaired) electrons. The van der Waals surface area contributed by atoms with Gasteiger partial charge in [-0.05, 0) is 46.3 Å². The summed E-state index contributed by atoms with van der Waals surface area (Å²) < 4.78 is 42.7. The van der Waals surface area contributed by atoms with E-state index in [0.29, 0.717) is 25.1 Å². The molecule has 0 rings (SSSR count). The standard InChI is InChI=1S/C13H31N3O3S2/c1-5-15-8-6-11-21(18,19)12-13(2,3)16-9-7-10-20(4,14)17/h14-16H,5-12H2,1-4H3. The predicted molar refractivity (Wildman–Crippen MR) is 90.2 cm³/mol. The topological polar surface area (TPSA) is 99.1 Å². The minimum atomic E-state index is -3.08. The average Bonchev–Trinajstić information content (AvgIpc) is 2.28. The van der Waals surface area contributed by atoms with E-state index in [4.69, 9.17) is 4.78 Å². The lowest BCUT2D eigenvalue weighted by Crippen LogP contribution is -2.46. The molecule has 0 saturated carbocycles. The highest BCUT2D eigenvalue weighted by atomic mass is 32.2. The molecular weight excluding hydrogens is 310 g/mol. The summed E-state index contributed by atoms with van der Waals surface area (Å²) in [7, 11) is -5.54. The van der Waals surface area contributed by atoms with E-state index in [1.54, 1.807) is 0 Å². The second-order valence-electron chi connectivity index (χ2n) is 6.17. The Morgan fingerprint density at radius 3 is 2.14 bits per heavy atom. The van der Waals surface area contributed by atoms with E-state index >= 15 is 0 Å². The summed E-state index contributed by atoms with van der Waals surface area (Å²) in [6.45, 7) is 7.86. The van der Waals surface area contributed by atoms with Crippen LogP contribution in [-0.4, -0.2) is 61.3 Å². The van der Waals surface area contributed by atoms with Crippen LogP contribution in [0, 0.1) is 4.78 Å². The van der Waals surface area contributed by atoms with Gasteiger partial charge in [-0.2, -0.15) is 0 Å². The van der Waals surface area contributed by atoms with Crippen molar-refractivity contribution in [3.8, 4) is 0 Å². The Balaban J connectivity index is 4.13. The highest BCUT2D eigenvalue weighted by Crippen LogP contribution is 2.08. The van der Waals surface area contributed by atoms with Crippen molar-refractivity contribution in [2.24, 2.45) is 0 Å². The number of hydrogen-bond donors (Lipinski definition) is 3. The van der Waals surface area contributed by atoms with Crippen molar-refractivity contribution in [3.05, 3.63) is 0 Å². The lowest BCUT2D eigenvalue weighted by atomic mass is 10.1. The molecule has 0 fully saturated rings. The van der Waals surface area contributed by atoms with Gasteiger partial charge in [0.05, 0.1) is 11.5 Å². The van der Waals surface area contributed by atoms with Crippen LogP contribution in [0.1, 0.15) is 33.6 Å². The third kappa shape index (κ3) is 13.2. The van der Waals surface area contributed by atoms with Gasteiger partial charge in [0.1, 0.15) is 0 Å². The van der Waals surface area contributed by atoms with Gasteiger partial charge in [-0.15, -0.1) is 0 Å². The quantitative estimate of drug-likeness (QED) is 0.457. The normalized spacial score (nSPS) is 15.8. The second-order valence-corrected chi connectivity index (χ2v) is 10.8. The molecule has 0 aliphatic rings. The van der Waals surface area contributed by atoms with Crippen LogP contribution in [0.2, 0.25) is 0 Å². The van der Waals surface area contributed by atoms with Crippen LogP contribution in [0.5, 0.6) is 0 Å². The van der Waals surface area contributed by atoms with Gasteiger partial charge in [-0.25, -0.2) is 8.42 Å². The van der Waals surface area contributed by atoms with E-state index in [1.807, 2.05) is 20.8 Å². The Morgan fingerprint density at radius 2 is 1.62 bits per heavy atom. The van der Waals surface area contributed by atoms with E-state index < -0.39 is 25.1 Å². The van der Waals surface area contributed by atoms with Gasteiger partial charge in [-0.1, -0.05) is 6.92 Å². The zero-order valence-electron chi connectivity index (χ0n) is 13.7. The zero-order valence-corrected chi connectivity index (χ0v) is 15.3. The molecule has 0 spiro atoms. The number of nitrogens with one attached hydrogen (secondary N) is 3. The fourth-order valence-electron chi connectivity index (χ4n) is 2.04. The maximum absolute atomic E-state index is 12.1. The van der Waals surface area contributed by atoms with Crippen LogP contribution < -0.4 is 10.6 Å². The molecule has 0 bridgehead atoms. The molecule has 21 heavy (non-hydrogen) atoms. The summed E-state index contributed by atoms with van der Waals surface area (Å²) in [5.74, 6) is 0.626. The van der Waals surface area contributed by atoms with Crippen molar-refractivity contribution < 1.29 is 12.6 Å². The van der Waals surface area contributed by atoms with Crippen LogP contribution in [-0.2, 0) is 19.6 Å². The summed E-state index contributed by atoms with van der Waals surface area (Å²) in [4.78, 5) is 0. The van der Waals surface area contributed by atoms with Crippen LogP contribution in [0.25, 0.3) is 0 Å². The SMILES string of the molecule is CCNCCCS(=O)(=O)CC(C)(C)NCCCS(C)(=N)=O. The first kappa shape index (κ1) is 20.8. The van der Waals surface area contributed by atoms with E-state index in [0.717, 1.165) is 13.1 Å². The molecule has 0 aliphatic heterocycles. The van der Waals surface area contributed by atoms with Crippen molar-refractivity contribution >= 4 is 19.6 Å². The Morgan fingerprint density at radius 1 is 1.05 bits per heavy atom. The van der Waals surface area contributed by atoms with Crippen LogP contribution in [0.3, 0.4) is 0 Å². The van der Waals surface area contributed by atoms with Crippen LogP contribution in [0.4, 0.5) is 0 Å². The Bertz CT molecular complexity index is 485. The molecule has 8 heteroatoms. The van der Waals surface area contributed by atoms with Gasteiger partial charge in [0.2, 0.25) is 0 Å². The minimum Gasteiger partial charge on any atom is -0.317 e. The summed E-state index contributed by atoms with van der Waals surface area (Å²) in [6, 6.07) is 0. The largest absolute Gasteiger partial charge is 0.317 e. The molecule has 0 heterocycles. The molecule has 1 unspecified atom stereocenters. The average molecular weight is 342 g/mol. The predicted octanol–water partition coefficient (Wildman–Crippen LogP) is 0.836. The number of hydrogen-bond acceptors (Lipinski definition) is 6. The Hall–Kier alpha value is -0.180. The fraction of sp³-hybridized carbons (Fsp3) is 1.00. The van der Waals surface area contributed by atoms with E-state index in [-0.39, 0.29) is 11.5 Å². The number of sulfone groups is 1. The fourth-order valence-corrected chi connectivity index (χ4v) is 4.67. The minimum absolute atomic E-state index is 0.0918. The first-order valence-corrected chi connectivity index (χ1v) is 11.3. The van der Waals surface area contributed by atoms with Gasteiger partial charge >= 0.3 is 0 Å². The monoisotopic (exact) mass is 341 g/mol. The van der Waals surface area contributed by atoms with Gasteiger partial charge in [-0.3, -0.25) is 8.99 Å². The van der Waals surface area contributed by atoms with Crippen molar-refractivity contribution in [2.45, 2.75) is 39.2 Å². The van der Waals surface area contributed by atoms with Crippen molar-refractivity contribution in [3.63, 3.8) is 0 Å². The molecule has 128 valence electrons. The molecule has 0 amide bonds. The van der Waals surface area contributed by atoms with Crippen molar-refractivity contribution in [2.75, 3.05) is 43.1 Å². The van der Waals surface area contributed by atoms with Gasteiger partial charge in [0, 0.05) is 27.3 Å². The summed E-state index contributed by atoms with van der Waals surface area (Å²) in [6.07, 6.45) is 2.67. The van der Waals surface area contributed by atoms with E-state index in [1.165, 1.54) is 6.26 Å².